The zero-order valence-electron chi connectivity index (χ0n) is 11.0. The Morgan fingerprint density at radius 3 is 2.84 bits per heavy atom. The van der Waals surface area contributed by atoms with Crippen molar-refractivity contribution in [3.8, 4) is 0 Å². The van der Waals surface area contributed by atoms with E-state index >= 15 is 0 Å². The fourth-order valence-electron chi connectivity index (χ4n) is 2.09. The van der Waals surface area contributed by atoms with E-state index in [0.29, 0.717) is 18.8 Å². The lowest BCUT2D eigenvalue weighted by molar-refractivity contribution is 0.0934. The molecule has 3 N–H and O–H groups in total. The third-order valence-electron chi connectivity index (χ3n) is 3.66. The van der Waals surface area contributed by atoms with E-state index in [1.54, 1.807) is 7.11 Å². The van der Waals surface area contributed by atoms with Gasteiger partial charge in [-0.05, 0) is 42.9 Å². The van der Waals surface area contributed by atoms with Gasteiger partial charge in [0.1, 0.15) is 5.82 Å². The number of methoxy groups -OCH3 is 1. The summed E-state index contributed by atoms with van der Waals surface area (Å²) in [6.07, 6.45) is 3.09. The predicted octanol–water partition coefficient (Wildman–Crippen LogP) is 1.95. The molecule has 0 aromatic heterocycles. The normalized spacial score (nSPS) is 16.1. The van der Waals surface area contributed by atoms with Crippen LogP contribution in [0.5, 0.6) is 0 Å². The molecule has 1 amide bonds. The molecule has 1 saturated carbocycles. The van der Waals surface area contributed by atoms with E-state index < -0.39 is 5.82 Å². The van der Waals surface area contributed by atoms with Crippen LogP contribution in [0.2, 0.25) is 0 Å². The van der Waals surface area contributed by atoms with Gasteiger partial charge in [0.2, 0.25) is 0 Å². The molecule has 1 aliphatic rings. The van der Waals surface area contributed by atoms with Crippen molar-refractivity contribution in [2.24, 2.45) is 5.41 Å². The Morgan fingerprint density at radius 1 is 1.53 bits per heavy atom. The first-order valence-corrected chi connectivity index (χ1v) is 6.38. The van der Waals surface area contributed by atoms with E-state index in [1.807, 2.05) is 0 Å². The standard InChI is InChI=1S/C14H19FN2O2/c1-19-7-6-14(4-5-14)9-17-13(18)11-3-2-10(16)8-12(11)15/h2-3,8H,4-7,9,16H2,1H3,(H,17,18). The first kappa shape index (κ1) is 13.8. The van der Waals surface area contributed by atoms with Gasteiger partial charge in [0.25, 0.3) is 5.91 Å². The summed E-state index contributed by atoms with van der Waals surface area (Å²) in [4.78, 5) is 11.9. The molecule has 1 fully saturated rings. The Balaban J connectivity index is 1.91. The van der Waals surface area contributed by atoms with Crippen molar-refractivity contribution in [2.45, 2.75) is 19.3 Å². The smallest absolute Gasteiger partial charge is 0.254 e. The van der Waals surface area contributed by atoms with E-state index in [1.165, 1.54) is 12.1 Å². The molecule has 0 unspecified atom stereocenters. The lowest BCUT2D eigenvalue weighted by Crippen LogP contribution is -2.31. The van der Waals surface area contributed by atoms with E-state index in [0.717, 1.165) is 25.3 Å². The van der Waals surface area contributed by atoms with Crippen molar-refractivity contribution in [3.63, 3.8) is 0 Å². The summed E-state index contributed by atoms with van der Waals surface area (Å²) in [7, 11) is 1.67. The lowest BCUT2D eigenvalue weighted by atomic mass is 10.0. The van der Waals surface area contributed by atoms with Gasteiger partial charge in [-0.25, -0.2) is 4.39 Å². The molecule has 1 aromatic rings. The van der Waals surface area contributed by atoms with Gasteiger partial charge < -0.3 is 15.8 Å². The second kappa shape index (κ2) is 5.57. The average Bonchev–Trinajstić information content (AvgIpc) is 3.14. The van der Waals surface area contributed by atoms with Crippen LogP contribution in [0.25, 0.3) is 0 Å². The molecular weight excluding hydrogens is 247 g/mol. The predicted molar refractivity (Wildman–Crippen MR) is 71.3 cm³/mol. The van der Waals surface area contributed by atoms with Gasteiger partial charge in [-0.1, -0.05) is 0 Å². The van der Waals surface area contributed by atoms with Crippen LogP contribution in [0.1, 0.15) is 29.6 Å². The number of ether oxygens (including phenoxy) is 1. The zero-order valence-corrected chi connectivity index (χ0v) is 11.0. The van der Waals surface area contributed by atoms with Crippen molar-refractivity contribution < 1.29 is 13.9 Å². The van der Waals surface area contributed by atoms with E-state index in [2.05, 4.69) is 5.32 Å². The van der Waals surface area contributed by atoms with Crippen LogP contribution in [-0.4, -0.2) is 26.2 Å². The molecular formula is C14H19FN2O2. The van der Waals surface area contributed by atoms with Gasteiger partial charge in [0.05, 0.1) is 5.56 Å². The average molecular weight is 266 g/mol. The highest BCUT2D eigenvalue weighted by molar-refractivity contribution is 5.94. The number of anilines is 1. The number of nitrogens with one attached hydrogen (secondary N) is 1. The minimum Gasteiger partial charge on any atom is -0.399 e. The summed E-state index contributed by atoms with van der Waals surface area (Å²) < 4.78 is 18.6. The van der Waals surface area contributed by atoms with Gasteiger partial charge in [-0.2, -0.15) is 0 Å². The van der Waals surface area contributed by atoms with Crippen molar-refractivity contribution >= 4 is 11.6 Å². The molecule has 0 heterocycles. The molecule has 0 spiro atoms. The highest BCUT2D eigenvalue weighted by Crippen LogP contribution is 2.48. The summed E-state index contributed by atoms with van der Waals surface area (Å²) in [5.41, 5.74) is 5.95. The van der Waals surface area contributed by atoms with Crippen LogP contribution in [0.4, 0.5) is 10.1 Å². The Kier molecular flexibility index (Phi) is 4.04. The van der Waals surface area contributed by atoms with Gasteiger partial charge in [-0.15, -0.1) is 0 Å². The van der Waals surface area contributed by atoms with Crippen molar-refractivity contribution in [2.75, 3.05) is 26.0 Å². The molecule has 1 aliphatic carbocycles. The fourth-order valence-corrected chi connectivity index (χ4v) is 2.09. The highest BCUT2D eigenvalue weighted by Gasteiger charge is 2.42. The number of halogens is 1. The summed E-state index contributed by atoms with van der Waals surface area (Å²) in [5, 5.41) is 2.80. The third-order valence-corrected chi connectivity index (χ3v) is 3.66. The maximum Gasteiger partial charge on any atom is 0.254 e. The minimum atomic E-state index is -0.584. The SMILES string of the molecule is COCCC1(CNC(=O)c2ccc(N)cc2F)CC1. The summed E-state index contributed by atoms with van der Waals surface area (Å²) in [6, 6.07) is 4.09. The summed E-state index contributed by atoms with van der Waals surface area (Å²) in [5.74, 6) is -0.972. The van der Waals surface area contributed by atoms with Crippen LogP contribution >= 0.6 is 0 Å². The van der Waals surface area contributed by atoms with Crippen molar-refractivity contribution in [1.82, 2.24) is 5.32 Å². The molecule has 2 rings (SSSR count). The van der Waals surface area contributed by atoms with Gasteiger partial charge >= 0.3 is 0 Å². The number of amides is 1. The maximum absolute atomic E-state index is 13.6. The Morgan fingerprint density at radius 2 is 2.26 bits per heavy atom. The molecule has 0 aliphatic heterocycles. The fraction of sp³-hybridized carbons (Fsp3) is 0.500. The molecule has 0 saturated heterocycles. The maximum atomic E-state index is 13.6. The largest absolute Gasteiger partial charge is 0.399 e. The van der Waals surface area contributed by atoms with Crippen molar-refractivity contribution in [1.29, 1.82) is 0 Å². The number of nitrogens with two attached hydrogens (primary N) is 1. The second-order valence-corrected chi connectivity index (χ2v) is 5.16. The summed E-state index contributed by atoms with van der Waals surface area (Å²) in [6.45, 7) is 1.26. The number of hydrogen-bond donors (Lipinski definition) is 2. The van der Waals surface area contributed by atoms with Gasteiger partial charge in [0.15, 0.2) is 0 Å². The molecule has 1 aromatic carbocycles. The Bertz CT molecular complexity index is 473. The monoisotopic (exact) mass is 266 g/mol. The van der Waals surface area contributed by atoms with Crippen LogP contribution in [0.15, 0.2) is 18.2 Å². The number of benzene rings is 1. The first-order chi connectivity index (χ1) is 9.06. The Hall–Kier alpha value is -1.62. The van der Waals surface area contributed by atoms with Gasteiger partial charge in [0, 0.05) is 25.9 Å². The van der Waals surface area contributed by atoms with E-state index in [4.69, 9.17) is 10.5 Å². The molecule has 0 radical (unpaired) electrons. The summed E-state index contributed by atoms with van der Waals surface area (Å²) >= 11 is 0. The molecule has 19 heavy (non-hydrogen) atoms. The minimum absolute atomic E-state index is 0.0386. The molecule has 0 bridgehead atoms. The number of carbonyl (C=O) groups excluding carboxylic acids is 1. The number of nitrogen functional groups attached to an aromatic ring is 1. The Labute approximate surface area is 112 Å². The zero-order chi connectivity index (χ0) is 13.9. The van der Waals surface area contributed by atoms with Gasteiger partial charge in [-0.3, -0.25) is 4.79 Å². The third kappa shape index (κ3) is 3.44. The topological polar surface area (TPSA) is 64.3 Å². The van der Waals surface area contributed by atoms with Crippen LogP contribution in [0, 0.1) is 11.2 Å². The van der Waals surface area contributed by atoms with Crippen LogP contribution < -0.4 is 11.1 Å². The second-order valence-electron chi connectivity index (χ2n) is 5.16. The number of hydrogen-bond acceptors (Lipinski definition) is 3. The molecule has 104 valence electrons. The number of rotatable bonds is 6. The van der Waals surface area contributed by atoms with E-state index in [9.17, 15) is 9.18 Å². The van der Waals surface area contributed by atoms with Crippen LogP contribution in [-0.2, 0) is 4.74 Å². The molecule has 0 atom stereocenters. The van der Waals surface area contributed by atoms with Crippen LogP contribution in [0.3, 0.4) is 0 Å². The highest BCUT2D eigenvalue weighted by atomic mass is 19.1. The molecule has 4 nitrogen and oxygen atoms in total. The first-order valence-electron chi connectivity index (χ1n) is 6.38. The van der Waals surface area contributed by atoms with E-state index in [-0.39, 0.29) is 16.9 Å². The molecule has 5 heteroatoms. The lowest BCUT2D eigenvalue weighted by Gasteiger charge is -2.15. The number of carbonyl (C=O) groups is 1. The van der Waals surface area contributed by atoms with Crippen molar-refractivity contribution in [3.05, 3.63) is 29.6 Å². The quantitative estimate of drug-likeness (QED) is 0.774.